The monoisotopic (exact) mass is 242 g/mol. The van der Waals surface area contributed by atoms with Crippen LogP contribution in [-0.4, -0.2) is 26.9 Å². The van der Waals surface area contributed by atoms with E-state index in [9.17, 15) is 9.59 Å². The van der Waals surface area contributed by atoms with E-state index in [-0.39, 0.29) is 11.8 Å². The summed E-state index contributed by atoms with van der Waals surface area (Å²) in [5.41, 5.74) is 2.15. The number of hydrogen-bond acceptors (Lipinski definition) is 4. The molecule has 0 atom stereocenters. The Labute approximate surface area is 103 Å². The van der Waals surface area contributed by atoms with Gasteiger partial charge in [0.15, 0.2) is 0 Å². The SMILES string of the molecule is Cc1nnn(N2C(=O)c3ccccc3C2=O)c1C. The molecule has 3 rings (SSSR count). The zero-order valence-electron chi connectivity index (χ0n) is 9.91. The third-order valence-electron chi connectivity index (χ3n) is 3.07. The molecule has 1 aromatic carbocycles. The number of benzene rings is 1. The molecule has 6 heteroatoms. The highest BCUT2D eigenvalue weighted by Crippen LogP contribution is 2.21. The first-order chi connectivity index (χ1) is 8.61. The highest BCUT2D eigenvalue weighted by Gasteiger charge is 2.38. The van der Waals surface area contributed by atoms with Crippen LogP contribution >= 0.6 is 0 Å². The molecule has 2 aromatic rings. The van der Waals surface area contributed by atoms with Crippen molar-refractivity contribution >= 4 is 11.8 Å². The molecule has 6 nitrogen and oxygen atoms in total. The van der Waals surface area contributed by atoms with Gasteiger partial charge in [-0.25, -0.2) is 0 Å². The second kappa shape index (κ2) is 3.49. The zero-order valence-corrected chi connectivity index (χ0v) is 9.91. The fourth-order valence-electron chi connectivity index (χ4n) is 1.93. The third kappa shape index (κ3) is 1.22. The van der Waals surface area contributed by atoms with Crippen LogP contribution in [0.2, 0.25) is 0 Å². The fraction of sp³-hybridized carbons (Fsp3) is 0.167. The zero-order chi connectivity index (χ0) is 12.9. The summed E-state index contributed by atoms with van der Waals surface area (Å²) in [6.07, 6.45) is 0. The van der Waals surface area contributed by atoms with E-state index in [1.165, 1.54) is 4.79 Å². The Morgan fingerprint density at radius 1 is 1.00 bits per heavy atom. The first kappa shape index (κ1) is 10.6. The van der Waals surface area contributed by atoms with Crippen LogP contribution < -0.4 is 5.01 Å². The number of rotatable bonds is 1. The molecular weight excluding hydrogens is 232 g/mol. The summed E-state index contributed by atoms with van der Waals surface area (Å²) in [5.74, 6) is -0.743. The number of fused-ring (bicyclic) bond motifs is 1. The predicted octanol–water partition coefficient (Wildman–Crippen LogP) is 0.827. The molecule has 2 amide bonds. The molecule has 0 unspecified atom stereocenters. The van der Waals surface area contributed by atoms with Crippen molar-refractivity contribution in [2.24, 2.45) is 0 Å². The second-order valence-corrected chi connectivity index (χ2v) is 4.12. The summed E-state index contributed by atoms with van der Waals surface area (Å²) in [7, 11) is 0. The van der Waals surface area contributed by atoms with E-state index in [1.54, 1.807) is 38.1 Å². The fourth-order valence-corrected chi connectivity index (χ4v) is 1.93. The van der Waals surface area contributed by atoms with Crippen LogP contribution in [0.4, 0.5) is 0 Å². The molecule has 2 heterocycles. The van der Waals surface area contributed by atoms with Crippen molar-refractivity contribution < 1.29 is 9.59 Å². The van der Waals surface area contributed by atoms with E-state index in [4.69, 9.17) is 0 Å². The average Bonchev–Trinajstić information content (AvgIpc) is 2.82. The third-order valence-corrected chi connectivity index (χ3v) is 3.07. The Morgan fingerprint density at radius 2 is 1.56 bits per heavy atom. The molecule has 0 spiro atoms. The van der Waals surface area contributed by atoms with Crippen LogP contribution in [-0.2, 0) is 0 Å². The van der Waals surface area contributed by atoms with E-state index in [1.807, 2.05) is 0 Å². The predicted molar refractivity (Wildman–Crippen MR) is 62.8 cm³/mol. The molecule has 90 valence electrons. The van der Waals surface area contributed by atoms with E-state index in [0.29, 0.717) is 22.5 Å². The van der Waals surface area contributed by atoms with Crippen LogP contribution in [0.5, 0.6) is 0 Å². The number of aryl methyl sites for hydroxylation is 1. The average molecular weight is 242 g/mol. The van der Waals surface area contributed by atoms with Crippen molar-refractivity contribution in [3.8, 4) is 0 Å². The summed E-state index contributed by atoms with van der Waals surface area (Å²) in [6.45, 7) is 3.54. The number of carbonyl (C=O) groups is 2. The normalized spacial score (nSPS) is 14.2. The minimum Gasteiger partial charge on any atom is -0.267 e. The molecular formula is C12H10N4O2. The van der Waals surface area contributed by atoms with Gasteiger partial charge in [0.1, 0.15) is 0 Å². The Morgan fingerprint density at radius 3 is 2.00 bits per heavy atom. The number of amides is 2. The van der Waals surface area contributed by atoms with Gasteiger partial charge in [0.2, 0.25) is 0 Å². The van der Waals surface area contributed by atoms with Crippen molar-refractivity contribution in [1.29, 1.82) is 0 Å². The lowest BCUT2D eigenvalue weighted by atomic mass is 10.1. The van der Waals surface area contributed by atoms with E-state index in [0.717, 1.165) is 5.01 Å². The summed E-state index contributed by atoms with van der Waals surface area (Å²) >= 11 is 0. The maximum Gasteiger partial charge on any atom is 0.282 e. The van der Waals surface area contributed by atoms with Crippen molar-refractivity contribution in [3.63, 3.8) is 0 Å². The van der Waals surface area contributed by atoms with Gasteiger partial charge in [-0.1, -0.05) is 12.1 Å². The molecule has 0 saturated carbocycles. The van der Waals surface area contributed by atoms with Crippen molar-refractivity contribution in [2.45, 2.75) is 13.8 Å². The van der Waals surface area contributed by atoms with Gasteiger partial charge in [-0.15, -0.1) is 9.89 Å². The molecule has 1 aliphatic heterocycles. The van der Waals surface area contributed by atoms with E-state index >= 15 is 0 Å². The minimum atomic E-state index is -0.372. The number of aromatic nitrogens is 3. The first-order valence-corrected chi connectivity index (χ1v) is 5.48. The number of carbonyl (C=O) groups excluding carboxylic acids is 2. The topological polar surface area (TPSA) is 68.1 Å². The van der Waals surface area contributed by atoms with Gasteiger partial charge in [-0.05, 0) is 31.2 Å². The number of imide groups is 1. The number of nitrogens with zero attached hydrogens (tertiary/aromatic N) is 4. The Kier molecular flexibility index (Phi) is 2.07. The van der Waals surface area contributed by atoms with Crippen LogP contribution in [0.15, 0.2) is 24.3 Å². The van der Waals surface area contributed by atoms with Crippen LogP contribution in [0.3, 0.4) is 0 Å². The lowest BCUT2D eigenvalue weighted by molar-refractivity contribution is 0.0877. The lowest BCUT2D eigenvalue weighted by Gasteiger charge is -2.13. The highest BCUT2D eigenvalue weighted by molar-refractivity contribution is 6.30. The summed E-state index contributed by atoms with van der Waals surface area (Å²) < 4.78 is 0. The van der Waals surface area contributed by atoms with Gasteiger partial charge in [-0.2, -0.15) is 5.01 Å². The standard InChI is InChI=1S/C12H10N4O2/c1-7-8(2)16(14-13-7)15-11(17)9-5-3-4-6-10(9)12(15)18/h3-6H,1-2H3. The molecule has 0 bridgehead atoms. The molecule has 1 aromatic heterocycles. The smallest absolute Gasteiger partial charge is 0.267 e. The molecule has 0 fully saturated rings. The summed E-state index contributed by atoms with van der Waals surface area (Å²) in [6, 6.07) is 6.73. The van der Waals surface area contributed by atoms with Crippen molar-refractivity contribution in [2.75, 3.05) is 5.01 Å². The second-order valence-electron chi connectivity index (χ2n) is 4.12. The van der Waals surface area contributed by atoms with Crippen molar-refractivity contribution in [1.82, 2.24) is 15.1 Å². The van der Waals surface area contributed by atoms with Gasteiger partial charge >= 0.3 is 0 Å². The first-order valence-electron chi connectivity index (χ1n) is 5.48. The van der Waals surface area contributed by atoms with Gasteiger partial charge in [0.05, 0.1) is 22.5 Å². The van der Waals surface area contributed by atoms with Crippen LogP contribution in [0, 0.1) is 13.8 Å². The van der Waals surface area contributed by atoms with Crippen LogP contribution in [0.1, 0.15) is 32.1 Å². The summed E-state index contributed by atoms with van der Waals surface area (Å²) in [5, 5.41) is 8.71. The molecule has 0 aliphatic carbocycles. The highest BCUT2D eigenvalue weighted by atomic mass is 16.2. The molecule has 0 saturated heterocycles. The van der Waals surface area contributed by atoms with Gasteiger partial charge in [0.25, 0.3) is 11.8 Å². The van der Waals surface area contributed by atoms with Crippen LogP contribution in [0.25, 0.3) is 0 Å². The summed E-state index contributed by atoms with van der Waals surface area (Å²) in [4.78, 5) is 25.6. The molecule has 1 aliphatic rings. The van der Waals surface area contributed by atoms with Crippen molar-refractivity contribution in [3.05, 3.63) is 46.8 Å². The Bertz CT molecular complexity index is 639. The molecule has 0 N–H and O–H groups in total. The number of hydrogen-bond donors (Lipinski definition) is 0. The van der Waals surface area contributed by atoms with Gasteiger partial charge in [0, 0.05) is 0 Å². The molecule has 0 radical (unpaired) electrons. The Balaban J connectivity index is 2.15. The van der Waals surface area contributed by atoms with E-state index in [2.05, 4.69) is 10.3 Å². The maximum atomic E-state index is 12.2. The largest absolute Gasteiger partial charge is 0.282 e. The quantitative estimate of drug-likeness (QED) is 0.694. The molecule has 18 heavy (non-hydrogen) atoms. The lowest BCUT2D eigenvalue weighted by Crippen LogP contribution is -2.41. The van der Waals surface area contributed by atoms with E-state index < -0.39 is 0 Å². The van der Waals surface area contributed by atoms with Gasteiger partial charge < -0.3 is 0 Å². The Hall–Kier alpha value is -2.50. The minimum absolute atomic E-state index is 0.372. The maximum absolute atomic E-state index is 12.2. The van der Waals surface area contributed by atoms with Gasteiger partial charge in [-0.3, -0.25) is 9.59 Å².